The first-order valence-electron chi connectivity index (χ1n) is 6.41. The zero-order valence-corrected chi connectivity index (χ0v) is 12.1. The van der Waals surface area contributed by atoms with Crippen LogP contribution in [0.5, 0.6) is 0 Å². The minimum absolute atomic E-state index is 0.0681. The van der Waals surface area contributed by atoms with Gasteiger partial charge in [-0.2, -0.15) is 13.2 Å². The first kappa shape index (κ1) is 16.4. The molecule has 1 rings (SSSR count). The van der Waals surface area contributed by atoms with E-state index in [0.717, 1.165) is 24.2 Å². The SMILES string of the molecule is CCNCC(CCSC(F)(F)F)c1ccccc1C. The molecular weight excluding hydrogens is 271 g/mol. The molecule has 0 saturated carbocycles. The van der Waals surface area contributed by atoms with Gasteiger partial charge in [0.15, 0.2) is 0 Å². The summed E-state index contributed by atoms with van der Waals surface area (Å²) in [4.78, 5) is 0. The minimum atomic E-state index is -4.13. The number of benzene rings is 1. The Balaban J connectivity index is 2.64. The van der Waals surface area contributed by atoms with Crippen molar-refractivity contribution in [3.63, 3.8) is 0 Å². The van der Waals surface area contributed by atoms with Gasteiger partial charge in [0.25, 0.3) is 0 Å². The highest BCUT2D eigenvalue weighted by Crippen LogP contribution is 2.33. The molecule has 0 radical (unpaired) electrons. The lowest BCUT2D eigenvalue weighted by molar-refractivity contribution is -0.0328. The van der Waals surface area contributed by atoms with E-state index in [2.05, 4.69) is 5.32 Å². The fourth-order valence-corrected chi connectivity index (χ4v) is 2.68. The monoisotopic (exact) mass is 291 g/mol. The molecular formula is C14H20F3NS. The number of hydrogen-bond donors (Lipinski definition) is 1. The van der Waals surface area contributed by atoms with Crippen LogP contribution in [-0.4, -0.2) is 24.4 Å². The van der Waals surface area contributed by atoms with Crippen LogP contribution in [0.2, 0.25) is 0 Å². The Morgan fingerprint density at radius 1 is 1.26 bits per heavy atom. The summed E-state index contributed by atoms with van der Waals surface area (Å²) in [6, 6.07) is 7.91. The predicted molar refractivity (Wildman–Crippen MR) is 75.6 cm³/mol. The van der Waals surface area contributed by atoms with Crippen LogP contribution in [0.1, 0.15) is 30.4 Å². The fourth-order valence-electron chi connectivity index (χ4n) is 2.05. The van der Waals surface area contributed by atoms with Crippen molar-refractivity contribution in [2.45, 2.75) is 31.7 Å². The lowest BCUT2D eigenvalue weighted by atomic mass is 9.92. The molecule has 19 heavy (non-hydrogen) atoms. The lowest BCUT2D eigenvalue weighted by Crippen LogP contribution is -2.22. The maximum atomic E-state index is 12.2. The summed E-state index contributed by atoms with van der Waals surface area (Å²) >= 11 is 0.0681. The summed E-state index contributed by atoms with van der Waals surface area (Å²) in [5.41, 5.74) is -1.84. The van der Waals surface area contributed by atoms with Crippen LogP contribution in [0.25, 0.3) is 0 Å². The first-order chi connectivity index (χ1) is 8.94. The topological polar surface area (TPSA) is 12.0 Å². The molecule has 1 aromatic carbocycles. The third-order valence-electron chi connectivity index (χ3n) is 3.00. The first-order valence-corrected chi connectivity index (χ1v) is 7.39. The Morgan fingerprint density at radius 3 is 2.53 bits per heavy atom. The van der Waals surface area contributed by atoms with Gasteiger partial charge in [-0.05, 0) is 36.9 Å². The van der Waals surface area contributed by atoms with Gasteiger partial charge in [0, 0.05) is 12.3 Å². The van der Waals surface area contributed by atoms with Crippen molar-refractivity contribution >= 4 is 11.8 Å². The van der Waals surface area contributed by atoms with E-state index < -0.39 is 5.51 Å². The molecule has 108 valence electrons. The van der Waals surface area contributed by atoms with Gasteiger partial charge in [0.05, 0.1) is 0 Å². The van der Waals surface area contributed by atoms with Crippen molar-refractivity contribution in [3.8, 4) is 0 Å². The van der Waals surface area contributed by atoms with Gasteiger partial charge in [-0.3, -0.25) is 0 Å². The lowest BCUT2D eigenvalue weighted by Gasteiger charge is -2.20. The molecule has 0 aliphatic rings. The number of aryl methyl sites for hydroxylation is 1. The van der Waals surface area contributed by atoms with E-state index in [4.69, 9.17) is 0 Å². The summed E-state index contributed by atoms with van der Waals surface area (Å²) in [6.45, 7) is 5.55. The van der Waals surface area contributed by atoms with Crippen molar-refractivity contribution in [2.24, 2.45) is 0 Å². The van der Waals surface area contributed by atoms with E-state index >= 15 is 0 Å². The van der Waals surface area contributed by atoms with Crippen molar-refractivity contribution in [1.82, 2.24) is 5.32 Å². The number of hydrogen-bond acceptors (Lipinski definition) is 2. The average molecular weight is 291 g/mol. The molecule has 1 atom stereocenters. The van der Waals surface area contributed by atoms with Crippen LogP contribution in [0, 0.1) is 6.92 Å². The molecule has 1 nitrogen and oxygen atoms in total. The zero-order chi connectivity index (χ0) is 14.3. The van der Waals surface area contributed by atoms with Gasteiger partial charge in [0.2, 0.25) is 0 Å². The van der Waals surface area contributed by atoms with Crippen molar-refractivity contribution < 1.29 is 13.2 Å². The second kappa shape index (κ2) is 7.80. The predicted octanol–water partition coefficient (Wildman–Crippen LogP) is 4.33. The molecule has 1 unspecified atom stereocenters. The summed E-state index contributed by atoms with van der Waals surface area (Å²) in [5.74, 6) is 0.240. The summed E-state index contributed by atoms with van der Waals surface area (Å²) in [6.07, 6.45) is 0.530. The van der Waals surface area contributed by atoms with Crippen LogP contribution in [0.15, 0.2) is 24.3 Å². The van der Waals surface area contributed by atoms with Crippen LogP contribution in [-0.2, 0) is 0 Å². The Labute approximate surface area is 117 Å². The van der Waals surface area contributed by atoms with E-state index in [1.807, 2.05) is 38.1 Å². The number of nitrogens with one attached hydrogen (secondary N) is 1. The van der Waals surface area contributed by atoms with Crippen LogP contribution in [0.4, 0.5) is 13.2 Å². The molecule has 5 heteroatoms. The molecule has 1 aromatic rings. The number of halogens is 3. The Morgan fingerprint density at radius 2 is 1.95 bits per heavy atom. The number of alkyl halides is 3. The third-order valence-corrected chi connectivity index (χ3v) is 3.77. The second-order valence-electron chi connectivity index (χ2n) is 4.44. The van der Waals surface area contributed by atoms with Gasteiger partial charge in [-0.15, -0.1) is 0 Å². The van der Waals surface area contributed by atoms with Gasteiger partial charge in [-0.1, -0.05) is 43.0 Å². The largest absolute Gasteiger partial charge is 0.441 e. The summed E-state index contributed by atoms with van der Waals surface area (Å²) < 4.78 is 36.6. The molecule has 0 spiro atoms. The normalized spacial score (nSPS) is 13.5. The average Bonchev–Trinajstić information content (AvgIpc) is 2.33. The van der Waals surface area contributed by atoms with Gasteiger partial charge >= 0.3 is 5.51 Å². The van der Waals surface area contributed by atoms with Crippen LogP contribution < -0.4 is 5.32 Å². The Hall–Kier alpha value is -0.680. The Kier molecular flexibility index (Phi) is 6.72. The van der Waals surface area contributed by atoms with Gasteiger partial charge in [0.1, 0.15) is 0 Å². The zero-order valence-electron chi connectivity index (χ0n) is 11.3. The third kappa shape index (κ3) is 6.34. The highest BCUT2D eigenvalue weighted by molar-refractivity contribution is 8.00. The van der Waals surface area contributed by atoms with Crippen molar-refractivity contribution in [3.05, 3.63) is 35.4 Å². The number of likely N-dealkylation sites (N-methyl/N-ethyl adjacent to an activating group) is 1. The van der Waals surface area contributed by atoms with Crippen LogP contribution >= 0.6 is 11.8 Å². The van der Waals surface area contributed by atoms with Crippen molar-refractivity contribution in [1.29, 1.82) is 0 Å². The second-order valence-corrected chi connectivity index (χ2v) is 5.60. The smallest absolute Gasteiger partial charge is 0.316 e. The molecule has 0 bridgehead atoms. The van der Waals surface area contributed by atoms with E-state index in [9.17, 15) is 13.2 Å². The summed E-state index contributed by atoms with van der Waals surface area (Å²) in [5, 5.41) is 3.23. The number of rotatable bonds is 7. The molecule has 0 aliphatic carbocycles. The fraction of sp³-hybridized carbons (Fsp3) is 0.571. The van der Waals surface area contributed by atoms with E-state index in [-0.39, 0.29) is 23.4 Å². The molecule has 0 fully saturated rings. The molecule has 0 amide bonds. The quantitative estimate of drug-likeness (QED) is 0.802. The van der Waals surface area contributed by atoms with Crippen molar-refractivity contribution in [2.75, 3.05) is 18.8 Å². The molecule has 0 aliphatic heterocycles. The summed E-state index contributed by atoms with van der Waals surface area (Å²) in [7, 11) is 0. The molecule has 0 saturated heterocycles. The maximum absolute atomic E-state index is 12.2. The maximum Gasteiger partial charge on any atom is 0.441 e. The van der Waals surface area contributed by atoms with Crippen LogP contribution in [0.3, 0.4) is 0 Å². The van der Waals surface area contributed by atoms with Gasteiger partial charge < -0.3 is 5.32 Å². The molecule has 1 N–H and O–H groups in total. The van der Waals surface area contributed by atoms with Gasteiger partial charge in [-0.25, -0.2) is 0 Å². The highest BCUT2D eigenvalue weighted by Gasteiger charge is 2.28. The van der Waals surface area contributed by atoms with E-state index in [1.54, 1.807) is 0 Å². The number of thioether (sulfide) groups is 1. The van der Waals surface area contributed by atoms with E-state index in [1.165, 1.54) is 0 Å². The highest BCUT2D eigenvalue weighted by atomic mass is 32.2. The minimum Gasteiger partial charge on any atom is -0.316 e. The molecule has 0 heterocycles. The molecule has 0 aromatic heterocycles. The standard InChI is InChI=1S/C14H20F3NS/c1-3-18-10-12(8-9-19-14(15,16)17)13-7-5-4-6-11(13)2/h4-7,12,18H,3,8-10H2,1-2H3. The Bertz CT molecular complexity index is 379. The van der Waals surface area contributed by atoms with E-state index in [0.29, 0.717) is 6.42 Å².